The van der Waals surface area contributed by atoms with Gasteiger partial charge in [-0.15, -0.1) is 0 Å². The molecule has 0 aliphatic carbocycles. The third kappa shape index (κ3) is 3.17. The third-order valence-corrected chi connectivity index (χ3v) is 3.47. The molecule has 0 aliphatic rings. The molecule has 0 aromatic heterocycles. The van der Waals surface area contributed by atoms with E-state index in [1.54, 1.807) is 0 Å². The maximum atomic E-state index is 13.9. The first kappa shape index (κ1) is 13.9. The third-order valence-electron chi connectivity index (χ3n) is 2.35. The Hall–Kier alpha value is -1.14. The SMILES string of the molecule is COc1c(CCCO)ccc(S(C)(=O)=O)c1F. The van der Waals surface area contributed by atoms with Gasteiger partial charge in [0.2, 0.25) is 0 Å². The minimum absolute atomic E-state index is 0.0153. The van der Waals surface area contributed by atoms with E-state index in [-0.39, 0.29) is 17.3 Å². The van der Waals surface area contributed by atoms with Crippen molar-refractivity contribution in [2.75, 3.05) is 20.0 Å². The van der Waals surface area contributed by atoms with E-state index in [0.717, 1.165) is 6.26 Å². The molecule has 0 amide bonds. The number of hydrogen-bond donors (Lipinski definition) is 1. The molecule has 0 heterocycles. The number of halogens is 1. The molecule has 1 N–H and O–H groups in total. The number of aliphatic hydroxyl groups is 1. The molecule has 0 atom stereocenters. The predicted molar refractivity (Wildman–Crippen MR) is 61.5 cm³/mol. The highest BCUT2D eigenvalue weighted by Crippen LogP contribution is 2.29. The van der Waals surface area contributed by atoms with E-state index in [2.05, 4.69) is 0 Å². The number of hydrogen-bond acceptors (Lipinski definition) is 4. The second-order valence-electron chi connectivity index (χ2n) is 3.67. The summed E-state index contributed by atoms with van der Waals surface area (Å²) in [5.74, 6) is -0.938. The quantitative estimate of drug-likeness (QED) is 0.865. The van der Waals surface area contributed by atoms with Crippen LogP contribution in [-0.2, 0) is 16.3 Å². The average Bonchev–Trinajstić information content (AvgIpc) is 2.24. The standard InChI is InChI=1S/C11H15FO4S/c1-16-11-8(4-3-7-13)5-6-9(10(11)12)17(2,14)15/h5-6,13H,3-4,7H2,1-2H3. The van der Waals surface area contributed by atoms with Crippen molar-refractivity contribution < 1.29 is 22.7 Å². The van der Waals surface area contributed by atoms with Crippen molar-refractivity contribution in [2.24, 2.45) is 0 Å². The van der Waals surface area contributed by atoms with Gasteiger partial charge in [-0.05, 0) is 24.5 Å². The number of benzene rings is 1. The second kappa shape index (κ2) is 5.46. The van der Waals surface area contributed by atoms with Crippen molar-refractivity contribution >= 4 is 9.84 Å². The molecule has 4 nitrogen and oxygen atoms in total. The fourth-order valence-electron chi connectivity index (χ4n) is 1.55. The number of rotatable bonds is 5. The lowest BCUT2D eigenvalue weighted by Gasteiger charge is -2.11. The van der Waals surface area contributed by atoms with E-state index in [1.165, 1.54) is 19.2 Å². The lowest BCUT2D eigenvalue weighted by atomic mass is 10.1. The summed E-state index contributed by atoms with van der Waals surface area (Å²) in [5, 5.41) is 8.71. The molecule has 1 aromatic rings. The normalized spacial score (nSPS) is 11.5. The minimum Gasteiger partial charge on any atom is -0.493 e. The second-order valence-corrected chi connectivity index (χ2v) is 5.65. The van der Waals surface area contributed by atoms with Crippen molar-refractivity contribution in [2.45, 2.75) is 17.7 Å². The van der Waals surface area contributed by atoms with Crippen LogP contribution in [0.2, 0.25) is 0 Å². The molecule has 0 saturated carbocycles. The molecular weight excluding hydrogens is 247 g/mol. The molecule has 0 aliphatic heterocycles. The molecule has 0 unspecified atom stereocenters. The summed E-state index contributed by atoms with van der Waals surface area (Å²) in [6, 6.07) is 2.73. The van der Waals surface area contributed by atoms with Crippen LogP contribution in [0.15, 0.2) is 17.0 Å². The average molecular weight is 262 g/mol. The number of aryl methyl sites for hydroxylation is 1. The Morgan fingerprint density at radius 1 is 1.41 bits per heavy atom. The van der Waals surface area contributed by atoms with Crippen LogP contribution in [0.3, 0.4) is 0 Å². The summed E-state index contributed by atoms with van der Waals surface area (Å²) < 4.78 is 41.4. The van der Waals surface area contributed by atoms with Gasteiger partial charge in [-0.2, -0.15) is 0 Å². The van der Waals surface area contributed by atoms with E-state index in [0.29, 0.717) is 18.4 Å². The van der Waals surface area contributed by atoms with Crippen LogP contribution in [0.5, 0.6) is 5.75 Å². The highest BCUT2D eigenvalue weighted by atomic mass is 32.2. The van der Waals surface area contributed by atoms with Gasteiger partial charge < -0.3 is 9.84 Å². The maximum Gasteiger partial charge on any atom is 0.183 e. The summed E-state index contributed by atoms with van der Waals surface area (Å²) in [7, 11) is -2.32. The van der Waals surface area contributed by atoms with Crippen molar-refractivity contribution in [1.82, 2.24) is 0 Å². The molecule has 17 heavy (non-hydrogen) atoms. The van der Waals surface area contributed by atoms with Crippen LogP contribution in [0.4, 0.5) is 4.39 Å². The first-order chi connectivity index (χ1) is 7.91. The smallest absolute Gasteiger partial charge is 0.183 e. The van der Waals surface area contributed by atoms with Crippen LogP contribution in [0.1, 0.15) is 12.0 Å². The highest BCUT2D eigenvalue weighted by molar-refractivity contribution is 7.90. The summed E-state index contributed by atoms with van der Waals surface area (Å²) in [6.07, 6.45) is 1.84. The van der Waals surface area contributed by atoms with Gasteiger partial charge in [0, 0.05) is 12.9 Å². The maximum absolute atomic E-state index is 13.9. The Bertz CT molecular complexity index is 496. The van der Waals surface area contributed by atoms with Gasteiger partial charge in [-0.1, -0.05) is 6.07 Å². The number of aliphatic hydroxyl groups excluding tert-OH is 1. The van der Waals surface area contributed by atoms with Crippen LogP contribution < -0.4 is 4.74 Å². The summed E-state index contributed by atoms with van der Waals surface area (Å²) in [5.41, 5.74) is 0.548. The molecule has 0 fully saturated rings. The van der Waals surface area contributed by atoms with Gasteiger partial charge in [-0.25, -0.2) is 12.8 Å². The summed E-state index contributed by atoms with van der Waals surface area (Å²) in [4.78, 5) is -0.373. The lowest BCUT2D eigenvalue weighted by molar-refractivity contribution is 0.287. The van der Waals surface area contributed by atoms with E-state index in [1.807, 2.05) is 0 Å². The molecular formula is C11H15FO4S. The van der Waals surface area contributed by atoms with Gasteiger partial charge in [0.25, 0.3) is 0 Å². The minimum atomic E-state index is -3.61. The zero-order chi connectivity index (χ0) is 13.1. The fraction of sp³-hybridized carbons (Fsp3) is 0.455. The van der Waals surface area contributed by atoms with Crippen LogP contribution in [-0.4, -0.2) is 33.5 Å². The van der Waals surface area contributed by atoms with Crippen LogP contribution in [0.25, 0.3) is 0 Å². The van der Waals surface area contributed by atoms with Gasteiger partial charge in [0.15, 0.2) is 21.4 Å². The number of methoxy groups -OCH3 is 1. The number of sulfone groups is 1. The summed E-state index contributed by atoms with van der Waals surface area (Å²) in [6.45, 7) is -0.0153. The first-order valence-corrected chi connectivity index (χ1v) is 6.97. The van der Waals surface area contributed by atoms with E-state index in [4.69, 9.17) is 9.84 Å². The molecule has 1 rings (SSSR count). The monoisotopic (exact) mass is 262 g/mol. The molecule has 1 aromatic carbocycles. The number of ether oxygens (including phenoxy) is 1. The molecule has 6 heteroatoms. The van der Waals surface area contributed by atoms with Crippen LogP contribution >= 0.6 is 0 Å². The summed E-state index contributed by atoms with van der Waals surface area (Å²) >= 11 is 0. The molecule has 0 saturated heterocycles. The molecule has 0 bridgehead atoms. The Morgan fingerprint density at radius 2 is 2.06 bits per heavy atom. The topological polar surface area (TPSA) is 63.6 Å². The first-order valence-electron chi connectivity index (χ1n) is 5.08. The van der Waals surface area contributed by atoms with Crippen molar-refractivity contribution in [3.8, 4) is 5.75 Å². The Balaban J connectivity index is 3.27. The van der Waals surface area contributed by atoms with E-state index >= 15 is 0 Å². The van der Waals surface area contributed by atoms with E-state index < -0.39 is 15.7 Å². The van der Waals surface area contributed by atoms with Gasteiger partial charge in [0.05, 0.1) is 7.11 Å². The predicted octanol–water partition coefficient (Wildman–Crippen LogP) is 1.16. The Kier molecular flexibility index (Phi) is 4.47. The van der Waals surface area contributed by atoms with Crippen molar-refractivity contribution in [3.05, 3.63) is 23.5 Å². The van der Waals surface area contributed by atoms with Gasteiger partial charge in [0.1, 0.15) is 4.90 Å². The fourth-order valence-corrected chi connectivity index (χ4v) is 2.28. The van der Waals surface area contributed by atoms with E-state index in [9.17, 15) is 12.8 Å². The zero-order valence-electron chi connectivity index (χ0n) is 9.73. The van der Waals surface area contributed by atoms with Gasteiger partial charge in [-0.3, -0.25) is 0 Å². The molecule has 96 valence electrons. The Morgan fingerprint density at radius 3 is 2.53 bits per heavy atom. The largest absolute Gasteiger partial charge is 0.493 e. The van der Waals surface area contributed by atoms with Crippen molar-refractivity contribution in [3.63, 3.8) is 0 Å². The van der Waals surface area contributed by atoms with Crippen LogP contribution in [0, 0.1) is 5.82 Å². The zero-order valence-corrected chi connectivity index (χ0v) is 10.6. The molecule has 0 radical (unpaired) electrons. The van der Waals surface area contributed by atoms with Gasteiger partial charge >= 0.3 is 0 Å². The molecule has 0 spiro atoms. The lowest BCUT2D eigenvalue weighted by Crippen LogP contribution is -2.05. The Labute approximate surface area is 100.0 Å². The highest BCUT2D eigenvalue weighted by Gasteiger charge is 2.20. The van der Waals surface area contributed by atoms with Crippen molar-refractivity contribution in [1.29, 1.82) is 0 Å².